The fraction of sp³-hybridized carbons (Fsp3) is 0.235. The van der Waals surface area contributed by atoms with Crippen molar-refractivity contribution in [2.75, 3.05) is 5.33 Å². The van der Waals surface area contributed by atoms with Crippen molar-refractivity contribution >= 4 is 37.8 Å². The molecule has 0 heterocycles. The van der Waals surface area contributed by atoms with Crippen LogP contribution >= 0.6 is 31.9 Å². The zero-order chi connectivity index (χ0) is 15.2. The van der Waals surface area contributed by atoms with Crippen molar-refractivity contribution in [2.45, 2.75) is 19.4 Å². The Morgan fingerprint density at radius 3 is 2.52 bits per heavy atom. The summed E-state index contributed by atoms with van der Waals surface area (Å²) in [5.41, 5.74) is 2.96. The lowest BCUT2D eigenvalue weighted by Crippen LogP contribution is -2.37. The molecule has 0 saturated heterocycles. The van der Waals surface area contributed by atoms with Crippen LogP contribution in [0.25, 0.3) is 0 Å². The number of halogens is 2. The summed E-state index contributed by atoms with van der Waals surface area (Å²) in [4.78, 5) is 12.4. The van der Waals surface area contributed by atoms with Gasteiger partial charge < -0.3 is 5.32 Å². The summed E-state index contributed by atoms with van der Waals surface area (Å²) < 4.78 is 0.922. The van der Waals surface area contributed by atoms with Gasteiger partial charge in [0.15, 0.2) is 0 Å². The number of alkyl halides is 1. The molecule has 0 fully saturated rings. The number of benzene rings is 2. The second-order valence-corrected chi connectivity index (χ2v) is 6.59. The molecule has 4 heteroatoms. The third kappa shape index (κ3) is 4.97. The predicted octanol–water partition coefficient (Wildman–Crippen LogP) is 4.49. The number of carbonyl (C=O) groups is 1. The van der Waals surface area contributed by atoms with Crippen molar-refractivity contribution in [3.8, 4) is 0 Å². The van der Waals surface area contributed by atoms with Crippen LogP contribution in [-0.4, -0.2) is 17.3 Å². The van der Waals surface area contributed by atoms with Crippen LogP contribution in [0.4, 0.5) is 0 Å². The number of rotatable bonds is 5. The summed E-state index contributed by atoms with van der Waals surface area (Å²) >= 11 is 6.91. The summed E-state index contributed by atoms with van der Waals surface area (Å²) in [6.07, 6.45) is 0.810. The number of amides is 1. The summed E-state index contributed by atoms with van der Waals surface area (Å²) in [5.74, 6) is -0.0419. The van der Waals surface area contributed by atoms with E-state index in [1.54, 1.807) is 0 Å². The highest BCUT2D eigenvalue weighted by Gasteiger charge is 2.14. The zero-order valence-corrected chi connectivity index (χ0v) is 14.9. The first-order valence-electron chi connectivity index (χ1n) is 6.76. The first-order chi connectivity index (χ1) is 10.1. The first-order valence-corrected chi connectivity index (χ1v) is 8.68. The van der Waals surface area contributed by atoms with Gasteiger partial charge >= 0.3 is 0 Å². The largest absolute Gasteiger partial charge is 0.348 e. The van der Waals surface area contributed by atoms with Crippen molar-refractivity contribution in [3.63, 3.8) is 0 Å². The SMILES string of the molecule is Cc1cc(Br)cc(C(=O)NC(CBr)Cc2ccccc2)c1. The lowest BCUT2D eigenvalue weighted by Gasteiger charge is -2.17. The van der Waals surface area contributed by atoms with Gasteiger partial charge in [-0.3, -0.25) is 4.79 Å². The number of aryl methyl sites for hydroxylation is 1. The maximum atomic E-state index is 12.4. The highest BCUT2D eigenvalue weighted by atomic mass is 79.9. The molecule has 0 bridgehead atoms. The molecule has 1 N–H and O–H groups in total. The van der Waals surface area contributed by atoms with Crippen LogP contribution < -0.4 is 5.32 Å². The van der Waals surface area contributed by atoms with E-state index in [-0.39, 0.29) is 11.9 Å². The highest BCUT2D eigenvalue weighted by molar-refractivity contribution is 9.10. The first kappa shape index (κ1) is 16.2. The van der Waals surface area contributed by atoms with E-state index in [1.165, 1.54) is 5.56 Å². The van der Waals surface area contributed by atoms with Crippen molar-refractivity contribution in [2.24, 2.45) is 0 Å². The smallest absolute Gasteiger partial charge is 0.251 e. The minimum absolute atomic E-state index is 0.0419. The zero-order valence-electron chi connectivity index (χ0n) is 11.8. The quantitative estimate of drug-likeness (QED) is 0.722. The number of nitrogens with one attached hydrogen (secondary N) is 1. The van der Waals surface area contributed by atoms with Gasteiger partial charge in [-0.1, -0.05) is 62.2 Å². The van der Waals surface area contributed by atoms with E-state index < -0.39 is 0 Å². The Hall–Kier alpha value is -1.13. The maximum Gasteiger partial charge on any atom is 0.251 e. The molecule has 2 rings (SSSR count). The summed E-state index contributed by atoms with van der Waals surface area (Å²) in [6.45, 7) is 1.98. The van der Waals surface area contributed by atoms with Gasteiger partial charge in [-0.15, -0.1) is 0 Å². The molecular formula is C17H17Br2NO. The van der Waals surface area contributed by atoms with Crippen LogP contribution in [0.3, 0.4) is 0 Å². The molecule has 21 heavy (non-hydrogen) atoms. The van der Waals surface area contributed by atoms with Gasteiger partial charge in [0, 0.05) is 21.4 Å². The molecule has 2 aromatic rings. The van der Waals surface area contributed by atoms with E-state index >= 15 is 0 Å². The molecule has 1 amide bonds. The Labute approximate surface area is 142 Å². The summed E-state index contributed by atoms with van der Waals surface area (Å²) in [7, 11) is 0. The molecule has 1 unspecified atom stereocenters. The van der Waals surface area contributed by atoms with Gasteiger partial charge in [0.05, 0.1) is 0 Å². The molecule has 2 aromatic carbocycles. The summed E-state index contributed by atoms with van der Waals surface area (Å²) in [5, 5.41) is 3.80. The van der Waals surface area contributed by atoms with E-state index in [0.29, 0.717) is 5.56 Å². The second-order valence-electron chi connectivity index (χ2n) is 5.03. The van der Waals surface area contributed by atoms with Crippen LogP contribution in [0.1, 0.15) is 21.5 Å². The van der Waals surface area contributed by atoms with Crippen molar-refractivity contribution in [1.29, 1.82) is 0 Å². The second kappa shape index (κ2) is 7.76. The number of hydrogen-bond acceptors (Lipinski definition) is 1. The number of hydrogen-bond donors (Lipinski definition) is 1. The Balaban J connectivity index is 2.05. The standard InChI is InChI=1S/C17H17Br2NO/c1-12-7-14(10-15(19)8-12)17(21)20-16(11-18)9-13-5-3-2-4-6-13/h2-8,10,16H,9,11H2,1H3,(H,20,21). The lowest BCUT2D eigenvalue weighted by atomic mass is 10.1. The molecular weight excluding hydrogens is 394 g/mol. The predicted molar refractivity (Wildman–Crippen MR) is 94.1 cm³/mol. The van der Waals surface area contributed by atoms with E-state index in [9.17, 15) is 4.79 Å². The van der Waals surface area contributed by atoms with E-state index in [1.807, 2.05) is 43.3 Å². The Morgan fingerprint density at radius 1 is 1.19 bits per heavy atom. The van der Waals surface area contributed by atoms with Gasteiger partial charge in [0.2, 0.25) is 0 Å². The third-order valence-electron chi connectivity index (χ3n) is 3.15. The lowest BCUT2D eigenvalue weighted by molar-refractivity contribution is 0.0941. The topological polar surface area (TPSA) is 29.1 Å². The maximum absolute atomic E-state index is 12.4. The average Bonchev–Trinajstić information content (AvgIpc) is 2.46. The normalized spacial score (nSPS) is 12.0. The Bertz CT molecular complexity index is 593. The molecule has 0 radical (unpaired) electrons. The van der Waals surface area contributed by atoms with Crippen LogP contribution in [0.15, 0.2) is 53.0 Å². The van der Waals surface area contributed by atoms with Crippen molar-refractivity contribution in [1.82, 2.24) is 5.32 Å². The summed E-state index contributed by atoms with van der Waals surface area (Å²) in [6, 6.07) is 16.0. The third-order valence-corrected chi connectivity index (χ3v) is 4.39. The molecule has 0 aliphatic rings. The molecule has 0 aliphatic carbocycles. The van der Waals surface area contributed by atoms with Gasteiger partial charge in [-0.05, 0) is 42.7 Å². The van der Waals surface area contributed by atoms with E-state index in [0.717, 1.165) is 21.8 Å². The minimum Gasteiger partial charge on any atom is -0.348 e. The van der Waals surface area contributed by atoms with Crippen LogP contribution in [-0.2, 0) is 6.42 Å². The average molecular weight is 411 g/mol. The van der Waals surface area contributed by atoms with Crippen LogP contribution in [0.2, 0.25) is 0 Å². The minimum atomic E-state index is -0.0419. The molecule has 0 aliphatic heterocycles. The molecule has 0 spiro atoms. The monoisotopic (exact) mass is 409 g/mol. The highest BCUT2D eigenvalue weighted by Crippen LogP contribution is 2.16. The molecule has 110 valence electrons. The van der Waals surface area contributed by atoms with Gasteiger partial charge in [-0.2, -0.15) is 0 Å². The van der Waals surface area contributed by atoms with Gasteiger partial charge in [0.1, 0.15) is 0 Å². The van der Waals surface area contributed by atoms with Crippen molar-refractivity contribution < 1.29 is 4.79 Å². The Kier molecular flexibility index (Phi) is 6.00. The Morgan fingerprint density at radius 2 is 1.90 bits per heavy atom. The van der Waals surface area contributed by atoms with Crippen LogP contribution in [0, 0.1) is 6.92 Å². The number of carbonyl (C=O) groups excluding carboxylic acids is 1. The van der Waals surface area contributed by atoms with Crippen LogP contribution in [0.5, 0.6) is 0 Å². The van der Waals surface area contributed by atoms with Gasteiger partial charge in [-0.25, -0.2) is 0 Å². The fourth-order valence-corrected chi connectivity index (χ4v) is 3.18. The molecule has 2 nitrogen and oxygen atoms in total. The molecule has 0 saturated carbocycles. The van der Waals surface area contributed by atoms with E-state index in [2.05, 4.69) is 49.3 Å². The van der Waals surface area contributed by atoms with Gasteiger partial charge in [0.25, 0.3) is 5.91 Å². The van der Waals surface area contributed by atoms with Crippen molar-refractivity contribution in [3.05, 3.63) is 69.7 Å². The molecule has 0 aromatic heterocycles. The fourth-order valence-electron chi connectivity index (χ4n) is 2.18. The molecule has 1 atom stereocenters. The van der Waals surface area contributed by atoms with E-state index in [4.69, 9.17) is 0 Å².